The molecule has 2 aromatic rings. The van der Waals surface area contributed by atoms with E-state index < -0.39 is 0 Å². The van der Waals surface area contributed by atoms with Crippen molar-refractivity contribution in [2.24, 2.45) is 5.92 Å². The van der Waals surface area contributed by atoms with Crippen LogP contribution in [-0.4, -0.2) is 18.7 Å². The Balaban J connectivity index is 1.69. The standard InChI is InChI=1S/C23H27NO3/c1-3-26-20(25)11-14(2)17-12-18-21(15-7-5-4-6-8-15)22(16-9-10-16)27-23(18)19(24)13-17/h4-8,12-14,16,21-22H,3,9-11,24H2,1-2H3/t14-,21+,22-/m1/s1. The molecule has 3 atom stereocenters. The minimum atomic E-state index is -0.171. The lowest BCUT2D eigenvalue weighted by Gasteiger charge is -2.19. The van der Waals surface area contributed by atoms with Crippen molar-refractivity contribution in [2.45, 2.75) is 51.0 Å². The molecule has 27 heavy (non-hydrogen) atoms. The highest BCUT2D eigenvalue weighted by Gasteiger charge is 2.45. The summed E-state index contributed by atoms with van der Waals surface area (Å²) in [7, 11) is 0. The van der Waals surface area contributed by atoms with E-state index in [0.717, 1.165) is 16.9 Å². The molecule has 0 spiro atoms. The van der Waals surface area contributed by atoms with Crippen molar-refractivity contribution in [2.75, 3.05) is 12.3 Å². The summed E-state index contributed by atoms with van der Waals surface area (Å²) in [6.07, 6.45) is 2.94. The maximum atomic E-state index is 11.9. The van der Waals surface area contributed by atoms with Crippen LogP contribution in [-0.2, 0) is 9.53 Å². The molecule has 1 aliphatic heterocycles. The Labute approximate surface area is 160 Å². The molecule has 0 aromatic heterocycles. The minimum Gasteiger partial charge on any atom is -0.487 e. The van der Waals surface area contributed by atoms with Crippen LogP contribution in [0.2, 0.25) is 0 Å². The molecule has 1 aliphatic carbocycles. The van der Waals surface area contributed by atoms with E-state index in [4.69, 9.17) is 15.2 Å². The zero-order valence-electron chi connectivity index (χ0n) is 16.0. The number of nitrogen functional groups attached to an aromatic ring is 1. The number of hydrogen-bond donors (Lipinski definition) is 1. The molecule has 2 aliphatic rings. The summed E-state index contributed by atoms with van der Waals surface area (Å²) in [4.78, 5) is 11.9. The number of benzene rings is 2. The van der Waals surface area contributed by atoms with E-state index in [2.05, 4.69) is 30.3 Å². The molecule has 1 heterocycles. The number of carbonyl (C=O) groups is 1. The van der Waals surface area contributed by atoms with E-state index in [1.54, 1.807) is 0 Å². The molecule has 4 nitrogen and oxygen atoms in total. The van der Waals surface area contributed by atoms with E-state index in [1.165, 1.54) is 18.4 Å². The van der Waals surface area contributed by atoms with Gasteiger partial charge in [0.25, 0.3) is 0 Å². The van der Waals surface area contributed by atoms with Gasteiger partial charge in [0, 0.05) is 11.5 Å². The van der Waals surface area contributed by atoms with E-state index in [1.807, 2.05) is 26.0 Å². The van der Waals surface area contributed by atoms with Gasteiger partial charge in [-0.3, -0.25) is 4.79 Å². The van der Waals surface area contributed by atoms with Crippen LogP contribution in [0, 0.1) is 5.92 Å². The van der Waals surface area contributed by atoms with Crippen molar-refractivity contribution in [3.05, 3.63) is 59.2 Å². The number of rotatable bonds is 6. The molecular weight excluding hydrogens is 338 g/mol. The Morgan fingerprint density at radius 3 is 2.67 bits per heavy atom. The first kappa shape index (κ1) is 17.9. The zero-order valence-corrected chi connectivity index (χ0v) is 16.0. The van der Waals surface area contributed by atoms with Gasteiger partial charge in [0.15, 0.2) is 0 Å². The molecule has 0 saturated heterocycles. The topological polar surface area (TPSA) is 61.5 Å². The number of carbonyl (C=O) groups excluding carboxylic acids is 1. The zero-order chi connectivity index (χ0) is 19.0. The number of ether oxygens (including phenoxy) is 2. The molecule has 0 radical (unpaired) electrons. The van der Waals surface area contributed by atoms with Crippen LogP contribution >= 0.6 is 0 Å². The van der Waals surface area contributed by atoms with Gasteiger partial charge in [-0.15, -0.1) is 0 Å². The molecule has 142 valence electrons. The van der Waals surface area contributed by atoms with Gasteiger partial charge in [-0.05, 0) is 48.8 Å². The maximum Gasteiger partial charge on any atom is 0.306 e. The average molecular weight is 365 g/mol. The monoisotopic (exact) mass is 365 g/mol. The SMILES string of the molecule is CCOC(=O)C[C@@H](C)c1cc(N)c2c(c1)[C@H](c1ccccc1)[C@@H](C1CC1)O2. The van der Waals surface area contributed by atoms with Crippen molar-refractivity contribution >= 4 is 11.7 Å². The lowest BCUT2D eigenvalue weighted by Crippen LogP contribution is -2.22. The van der Waals surface area contributed by atoms with Crippen LogP contribution < -0.4 is 10.5 Å². The predicted molar refractivity (Wildman–Crippen MR) is 106 cm³/mol. The second-order valence-corrected chi connectivity index (χ2v) is 7.75. The largest absolute Gasteiger partial charge is 0.487 e. The molecule has 4 heteroatoms. The third-order valence-corrected chi connectivity index (χ3v) is 5.68. The summed E-state index contributed by atoms with van der Waals surface area (Å²) in [6, 6.07) is 14.7. The highest BCUT2D eigenvalue weighted by atomic mass is 16.5. The van der Waals surface area contributed by atoms with Crippen LogP contribution in [0.1, 0.15) is 61.6 Å². The smallest absolute Gasteiger partial charge is 0.306 e. The predicted octanol–water partition coefficient (Wildman–Crippen LogP) is 4.63. The van der Waals surface area contributed by atoms with Gasteiger partial charge in [-0.1, -0.05) is 43.3 Å². The molecular formula is C23H27NO3. The first-order valence-electron chi connectivity index (χ1n) is 9.89. The number of fused-ring (bicyclic) bond motifs is 1. The molecule has 2 N–H and O–H groups in total. The molecule has 1 saturated carbocycles. The fourth-order valence-corrected chi connectivity index (χ4v) is 4.14. The summed E-state index contributed by atoms with van der Waals surface area (Å²) in [5.74, 6) is 1.50. The highest BCUT2D eigenvalue weighted by molar-refractivity contribution is 5.71. The van der Waals surface area contributed by atoms with Crippen molar-refractivity contribution in [3.8, 4) is 5.75 Å². The Bertz CT molecular complexity index is 829. The molecule has 2 aromatic carbocycles. The number of nitrogens with two attached hydrogens (primary N) is 1. The van der Waals surface area contributed by atoms with Gasteiger partial charge in [0.2, 0.25) is 0 Å². The lowest BCUT2D eigenvalue weighted by molar-refractivity contribution is -0.143. The normalized spacial score (nSPS) is 22.0. The van der Waals surface area contributed by atoms with Crippen molar-refractivity contribution in [3.63, 3.8) is 0 Å². The molecule has 4 rings (SSSR count). The Hall–Kier alpha value is -2.49. The fraction of sp³-hybridized carbons (Fsp3) is 0.435. The van der Waals surface area contributed by atoms with Crippen LogP contribution in [0.5, 0.6) is 5.75 Å². The Morgan fingerprint density at radius 2 is 2.00 bits per heavy atom. The van der Waals surface area contributed by atoms with Crippen molar-refractivity contribution in [1.29, 1.82) is 0 Å². The third-order valence-electron chi connectivity index (χ3n) is 5.68. The summed E-state index contributed by atoms with van der Waals surface area (Å²) in [5.41, 5.74) is 10.5. The first-order chi connectivity index (χ1) is 13.1. The van der Waals surface area contributed by atoms with Gasteiger partial charge >= 0.3 is 5.97 Å². The average Bonchev–Trinajstić information content (AvgIpc) is 3.42. The number of esters is 1. The van der Waals surface area contributed by atoms with E-state index in [-0.39, 0.29) is 23.9 Å². The van der Waals surface area contributed by atoms with Gasteiger partial charge < -0.3 is 15.2 Å². The van der Waals surface area contributed by atoms with Crippen LogP contribution in [0.25, 0.3) is 0 Å². The van der Waals surface area contributed by atoms with E-state index >= 15 is 0 Å². The van der Waals surface area contributed by atoms with Crippen LogP contribution in [0.3, 0.4) is 0 Å². The van der Waals surface area contributed by atoms with Gasteiger partial charge in [-0.2, -0.15) is 0 Å². The second kappa shape index (κ2) is 7.26. The lowest BCUT2D eigenvalue weighted by atomic mass is 9.84. The fourth-order valence-electron chi connectivity index (χ4n) is 4.14. The summed E-state index contributed by atoms with van der Waals surface area (Å²) in [5, 5.41) is 0. The third kappa shape index (κ3) is 3.53. The van der Waals surface area contributed by atoms with Crippen molar-refractivity contribution in [1.82, 2.24) is 0 Å². The summed E-state index contributed by atoms with van der Waals surface area (Å²) >= 11 is 0. The summed E-state index contributed by atoms with van der Waals surface area (Å²) < 4.78 is 11.5. The van der Waals surface area contributed by atoms with Crippen LogP contribution in [0.4, 0.5) is 5.69 Å². The highest BCUT2D eigenvalue weighted by Crippen LogP contribution is 2.53. The molecule has 0 bridgehead atoms. The number of anilines is 1. The Kier molecular flexibility index (Phi) is 4.81. The maximum absolute atomic E-state index is 11.9. The van der Waals surface area contributed by atoms with Crippen LogP contribution in [0.15, 0.2) is 42.5 Å². The molecule has 1 fully saturated rings. The second-order valence-electron chi connectivity index (χ2n) is 7.75. The van der Waals surface area contributed by atoms with Gasteiger partial charge in [-0.25, -0.2) is 0 Å². The van der Waals surface area contributed by atoms with Gasteiger partial charge in [0.1, 0.15) is 11.9 Å². The summed E-state index contributed by atoms with van der Waals surface area (Å²) in [6.45, 7) is 4.28. The molecule has 0 unspecified atom stereocenters. The van der Waals surface area contributed by atoms with Gasteiger partial charge in [0.05, 0.1) is 18.7 Å². The molecule has 0 amide bonds. The van der Waals surface area contributed by atoms with E-state index in [0.29, 0.717) is 24.6 Å². The number of hydrogen-bond acceptors (Lipinski definition) is 4. The van der Waals surface area contributed by atoms with Crippen molar-refractivity contribution < 1.29 is 14.3 Å². The Morgan fingerprint density at radius 1 is 1.26 bits per heavy atom. The minimum absolute atomic E-state index is 0.0491. The first-order valence-corrected chi connectivity index (χ1v) is 9.89. The van der Waals surface area contributed by atoms with E-state index in [9.17, 15) is 4.79 Å². The quantitative estimate of drug-likeness (QED) is 0.599.